The lowest BCUT2D eigenvalue weighted by atomic mass is 9.87. The fraction of sp³-hybridized carbons (Fsp3) is 0.923. The fourth-order valence-electron chi connectivity index (χ4n) is 4.69. The Morgan fingerprint density at radius 2 is 1.29 bits per heavy atom. The third kappa shape index (κ3) is 9.37. The molecule has 0 aliphatic carbocycles. The van der Waals surface area contributed by atoms with Crippen molar-refractivity contribution in [3.8, 4) is 0 Å². The maximum Gasteiger partial charge on any atom is 0.335 e. The Bertz CT molecular complexity index is 732. The highest BCUT2D eigenvalue weighted by atomic mass is 16.6. The van der Waals surface area contributed by atoms with Gasteiger partial charge in [0.05, 0.1) is 37.1 Å². The molecule has 2 aliphatic heterocycles. The summed E-state index contributed by atoms with van der Waals surface area (Å²) in [5, 5.41) is 51.5. The van der Waals surface area contributed by atoms with E-state index >= 15 is 0 Å². The van der Waals surface area contributed by atoms with Gasteiger partial charge in [0, 0.05) is 6.92 Å². The smallest absolute Gasteiger partial charge is 0.335 e. The summed E-state index contributed by atoms with van der Waals surface area (Å²) >= 11 is 0. The Morgan fingerprint density at radius 1 is 0.789 bits per heavy atom. The van der Waals surface area contributed by atoms with E-state index in [1.54, 1.807) is 27.7 Å². The molecule has 12 nitrogen and oxygen atoms in total. The van der Waals surface area contributed by atoms with Crippen molar-refractivity contribution in [1.82, 2.24) is 5.32 Å². The largest absolute Gasteiger partial charge is 0.479 e. The van der Waals surface area contributed by atoms with Gasteiger partial charge in [-0.1, -0.05) is 27.7 Å². The van der Waals surface area contributed by atoms with Crippen molar-refractivity contribution in [1.29, 1.82) is 0 Å². The lowest BCUT2D eigenvalue weighted by Crippen LogP contribution is -2.66. The summed E-state index contributed by atoms with van der Waals surface area (Å²) in [4.78, 5) is 22.6. The van der Waals surface area contributed by atoms with Crippen molar-refractivity contribution in [3.05, 3.63) is 0 Å². The number of carboxylic acids is 1. The minimum atomic E-state index is -1.27. The molecule has 0 bridgehead atoms. The molecule has 1 amide bonds. The van der Waals surface area contributed by atoms with Gasteiger partial charge >= 0.3 is 5.97 Å². The van der Waals surface area contributed by atoms with Crippen LogP contribution < -0.4 is 5.32 Å². The molecule has 2 fully saturated rings. The van der Waals surface area contributed by atoms with Crippen LogP contribution in [0.15, 0.2) is 0 Å². The zero-order valence-corrected chi connectivity index (χ0v) is 24.0. The normalized spacial score (nSPS) is 35.8. The van der Waals surface area contributed by atoms with E-state index in [2.05, 4.69) is 5.32 Å². The van der Waals surface area contributed by atoms with Crippen molar-refractivity contribution in [3.63, 3.8) is 0 Å². The Hall–Kier alpha value is -1.38. The van der Waals surface area contributed by atoms with E-state index in [9.17, 15) is 30.0 Å². The topological polar surface area (TPSA) is 184 Å². The average molecular weight is 552 g/mol. The number of hydrogen-bond donors (Lipinski definition) is 6. The quantitative estimate of drug-likeness (QED) is 0.228. The highest BCUT2D eigenvalue weighted by molar-refractivity contribution is 5.73. The molecule has 0 aromatic heterocycles. The third-order valence-corrected chi connectivity index (χ3v) is 6.35. The molecule has 10 atom stereocenters. The molecule has 2 saturated heterocycles. The van der Waals surface area contributed by atoms with Crippen molar-refractivity contribution < 1.29 is 54.1 Å². The van der Waals surface area contributed by atoms with Crippen LogP contribution in [0.25, 0.3) is 0 Å². The zero-order chi connectivity index (χ0) is 29.5. The van der Waals surface area contributed by atoms with E-state index in [1.807, 2.05) is 27.7 Å². The SMILES string of the molecule is CC(=O)NC1C(C(C)C)OC(CO)C(O)C1OC(C)C.CC(C)OC1C(C(=O)O)OC(C(C)C)C(O)C1O. The van der Waals surface area contributed by atoms with E-state index in [4.69, 9.17) is 24.1 Å². The van der Waals surface area contributed by atoms with Gasteiger partial charge in [0.25, 0.3) is 0 Å². The molecule has 2 heterocycles. The average Bonchev–Trinajstić information content (AvgIpc) is 2.78. The first-order chi connectivity index (χ1) is 17.5. The van der Waals surface area contributed by atoms with E-state index in [-0.39, 0.29) is 42.7 Å². The van der Waals surface area contributed by atoms with Gasteiger partial charge in [-0.05, 0) is 39.5 Å². The molecule has 2 rings (SSSR count). The van der Waals surface area contributed by atoms with Gasteiger partial charge in [0.2, 0.25) is 5.91 Å². The van der Waals surface area contributed by atoms with E-state index in [0.29, 0.717) is 0 Å². The Balaban J connectivity index is 0.000000382. The summed E-state index contributed by atoms with van der Waals surface area (Å²) in [5.74, 6) is -1.38. The van der Waals surface area contributed by atoms with Crippen LogP contribution in [0.3, 0.4) is 0 Å². The van der Waals surface area contributed by atoms with Crippen LogP contribution in [-0.4, -0.2) is 117 Å². The van der Waals surface area contributed by atoms with Crippen LogP contribution in [-0.2, 0) is 28.5 Å². The molecule has 0 aromatic rings. The second-order valence-electron chi connectivity index (χ2n) is 11.2. The summed E-state index contributed by atoms with van der Waals surface area (Å²) in [6.45, 7) is 15.9. The number of amides is 1. The number of aliphatic hydroxyl groups is 4. The van der Waals surface area contributed by atoms with Gasteiger partial charge in [-0.3, -0.25) is 4.79 Å². The molecule has 224 valence electrons. The summed E-state index contributed by atoms with van der Waals surface area (Å²) in [6, 6.07) is -0.437. The Morgan fingerprint density at radius 3 is 1.68 bits per heavy atom. The molecule has 38 heavy (non-hydrogen) atoms. The number of carboxylic acid groups (broad SMARTS) is 1. The highest BCUT2D eigenvalue weighted by Crippen LogP contribution is 2.29. The monoisotopic (exact) mass is 551 g/mol. The van der Waals surface area contributed by atoms with Crippen LogP contribution in [0.2, 0.25) is 0 Å². The van der Waals surface area contributed by atoms with Crippen LogP contribution in [0.5, 0.6) is 0 Å². The molecular weight excluding hydrogens is 502 g/mol. The van der Waals surface area contributed by atoms with Crippen LogP contribution in [0.1, 0.15) is 62.3 Å². The first-order valence-electron chi connectivity index (χ1n) is 13.3. The van der Waals surface area contributed by atoms with Crippen molar-refractivity contribution in [2.75, 3.05) is 6.61 Å². The molecule has 0 saturated carbocycles. The second kappa shape index (κ2) is 15.4. The molecular formula is C26H49NO11. The zero-order valence-electron chi connectivity index (χ0n) is 24.0. The number of hydrogen-bond acceptors (Lipinski definition) is 10. The summed E-state index contributed by atoms with van der Waals surface area (Å²) in [5.41, 5.74) is 0. The molecule has 12 heteroatoms. The summed E-state index contributed by atoms with van der Waals surface area (Å²) in [6.07, 6.45) is -8.42. The summed E-state index contributed by atoms with van der Waals surface area (Å²) < 4.78 is 22.2. The maximum atomic E-state index is 11.4. The number of rotatable bonds is 9. The lowest BCUT2D eigenvalue weighted by Gasteiger charge is -2.46. The van der Waals surface area contributed by atoms with Gasteiger partial charge in [-0.2, -0.15) is 0 Å². The van der Waals surface area contributed by atoms with Crippen molar-refractivity contribution >= 4 is 11.9 Å². The molecule has 0 spiro atoms. The fourth-order valence-corrected chi connectivity index (χ4v) is 4.69. The molecule has 0 aromatic carbocycles. The first-order valence-corrected chi connectivity index (χ1v) is 13.3. The minimum absolute atomic E-state index is 0.100. The van der Waals surface area contributed by atoms with Gasteiger partial charge < -0.3 is 49.8 Å². The van der Waals surface area contributed by atoms with Gasteiger partial charge in [-0.15, -0.1) is 0 Å². The number of carbonyl (C=O) groups excluding carboxylic acids is 1. The standard InChI is InChI=1S/C14H27NO5.C12H22O6/c1-7(2)13-11(15-9(5)17)14(19-8(3)4)12(18)10(6-16)20-13;1-5(2)9-7(13)8(14)10(17-6(3)4)11(18-9)12(15)16/h7-8,10-14,16,18H,6H2,1-5H3,(H,15,17);5-11,13-14H,1-4H3,(H,15,16). The lowest BCUT2D eigenvalue weighted by molar-refractivity contribution is -0.251. The Labute approximate surface area is 225 Å². The number of carbonyl (C=O) groups is 2. The molecule has 2 aliphatic rings. The molecule has 6 N–H and O–H groups in total. The Kier molecular flexibility index (Phi) is 14.1. The predicted molar refractivity (Wildman–Crippen MR) is 137 cm³/mol. The van der Waals surface area contributed by atoms with Crippen molar-refractivity contribution in [2.45, 2.75) is 135 Å². The molecule has 10 unspecified atom stereocenters. The number of aliphatic hydroxyl groups excluding tert-OH is 4. The van der Waals surface area contributed by atoms with Gasteiger partial charge in [-0.25, -0.2) is 4.79 Å². The second-order valence-corrected chi connectivity index (χ2v) is 11.2. The highest BCUT2D eigenvalue weighted by Gasteiger charge is 2.49. The van der Waals surface area contributed by atoms with E-state index < -0.39 is 60.8 Å². The van der Waals surface area contributed by atoms with Gasteiger partial charge in [0.15, 0.2) is 6.10 Å². The predicted octanol–water partition coefficient (Wildman–Crippen LogP) is 0.0711. The maximum absolute atomic E-state index is 11.4. The van der Waals surface area contributed by atoms with Crippen molar-refractivity contribution in [2.24, 2.45) is 11.8 Å². The first kappa shape index (κ1) is 34.6. The van der Waals surface area contributed by atoms with Crippen LogP contribution in [0.4, 0.5) is 0 Å². The summed E-state index contributed by atoms with van der Waals surface area (Å²) in [7, 11) is 0. The van der Waals surface area contributed by atoms with Crippen LogP contribution >= 0.6 is 0 Å². The number of ether oxygens (including phenoxy) is 4. The minimum Gasteiger partial charge on any atom is -0.479 e. The van der Waals surface area contributed by atoms with E-state index in [0.717, 1.165) is 0 Å². The van der Waals surface area contributed by atoms with Gasteiger partial charge in [0.1, 0.15) is 36.6 Å². The molecule has 0 radical (unpaired) electrons. The number of nitrogens with one attached hydrogen (secondary N) is 1. The van der Waals surface area contributed by atoms with Crippen LogP contribution in [0, 0.1) is 11.8 Å². The van der Waals surface area contributed by atoms with E-state index in [1.165, 1.54) is 6.92 Å². The third-order valence-electron chi connectivity index (χ3n) is 6.35. The number of aliphatic carboxylic acids is 1.